The highest BCUT2D eigenvalue weighted by molar-refractivity contribution is 6.37. The lowest BCUT2D eigenvalue weighted by Crippen LogP contribution is -2.19. The first kappa shape index (κ1) is 13.1. The number of hydrogen-bond acceptors (Lipinski definition) is 5. The van der Waals surface area contributed by atoms with E-state index in [1.54, 1.807) is 4.57 Å². The molecule has 1 saturated heterocycles. The summed E-state index contributed by atoms with van der Waals surface area (Å²) in [5, 5.41) is 19.7. The van der Waals surface area contributed by atoms with Gasteiger partial charge in [0.25, 0.3) is 0 Å². The van der Waals surface area contributed by atoms with Crippen LogP contribution in [0.5, 0.6) is 0 Å². The topological polar surface area (TPSA) is 80.4 Å². The molecule has 0 aliphatic carbocycles. The van der Waals surface area contributed by atoms with Crippen LogP contribution >= 0.6 is 23.2 Å². The Labute approximate surface area is 118 Å². The summed E-state index contributed by atoms with van der Waals surface area (Å²) in [6.07, 6.45) is 0.0632. The molecular formula is C11H11Cl2N3O3. The molecule has 2 aromatic heterocycles. The minimum Gasteiger partial charge on any atom is -0.394 e. The summed E-state index contributed by atoms with van der Waals surface area (Å²) in [6.45, 7) is -0.144. The summed E-state index contributed by atoms with van der Waals surface area (Å²) in [6, 6.07) is 1.51. The van der Waals surface area contributed by atoms with Gasteiger partial charge in [-0.3, -0.25) is 4.57 Å². The normalized spacial score (nSPS) is 27.3. The molecule has 19 heavy (non-hydrogen) atoms. The van der Waals surface area contributed by atoms with Crippen LogP contribution in [0.1, 0.15) is 12.6 Å². The van der Waals surface area contributed by atoms with E-state index in [2.05, 4.69) is 9.97 Å². The zero-order valence-electron chi connectivity index (χ0n) is 9.70. The molecule has 3 atom stereocenters. The molecule has 0 saturated carbocycles. The second-order valence-corrected chi connectivity index (χ2v) is 5.18. The Morgan fingerprint density at radius 2 is 2.26 bits per heavy atom. The van der Waals surface area contributed by atoms with E-state index in [4.69, 9.17) is 33.0 Å². The van der Waals surface area contributed by atoms with E-state index in [0.717, 1.165) is 0 Å². The summed E-state index contributed by atoms with van der Waals surface area (Å²) in [5.74, 6) is 0. The maximum Gasteiger partial charge on any atom is 0.165 e. The number of ether oxygens (including phenoxy) is 1. The van der Waals surface area contributed by atoms with Gasteiger partial charge in [0.2, 0.25) is 0 Å². The highest BCUT2D eigenvalue weighted by Gasteiger charge is 2.35. The SMILES string of the molecule is OC[C@@H]1C[C@@H](O)[C@H](n2cnc3c(Cl)cc(Cl)nc32)O1. The molecule has 102 valence electrons. The number of rotatable bonds is 2. The van der Waals surface area contributed by atoms with Crippen molar-refractivity contribution in [2.75, 3.05) is 6.61 Å². The van der Waals surface area contributed by atoms with Crippen molar-refractivity contribution >= 4 is 34.4 Å². The lowest BCUT2D eigenvalue weighted by atomic mass is 10.2. The van der Waals surface area contributed by atoms with E-state index in [9.17, 15) is 5.11 Å². The summed E-state index contributed by atoms with van der Waals surface area (Å²) < 4.78 is 7.13. The van der Waals surface area contributed by atoms with Crippen LogP contribution in [0.15, 0.2) is 12.4 Å². The molecule has 1 aliphatic rings. The number of nitrogens with zero attached hydrogens (tertiary/aromatic N) is 3. The van der Waals surface area contributed by atoms with Crippen molar-refractivity contribution in [3.63, 3.8) is 0 Å². The number of hydrogen-bond donors (Lipinski definition) is 2. The predicted molar refractivity (Wildman–Crippen MR) is 69.2 cm³/mol. The average Bonchev–Trinajstić information content (AvgIpc) is 2.92. The second kappa shape index (κ2) is 4.88. The van der Waals surface area contributed by atoms with Gasteiger partial charge in [0, 0.05) is 6.42 Å². The van der Waals surface area contributed by atoms with Crippen molar-refractivity contribution in [3.05, 3.63) is 22.6 Å². The standard InChI is InChI=1S/C11H11Cl2N3O3/c12-6-2-8(13)15-10-9(6)14-4-16(10)11-7(18)1-5(3-17)19-11/h2,4-5,7,11,17-18H,1,3H2/t5-,7+,11+/m0/s1. The van der Waals surface area contributed by atoms with Crippen LogP contribution in [0.25, 0.3) is 11.2 Å². The number of aromatic nitrogens is 3. The molecule has 0 unspecified atom stereocenters. The number of halogens is 2. The van der Waals surface area contributed by atoms with Crippen molar-refractivity contribution in [3.8, 4) is 0 Å². The third-order valence-electron chi connectivity index (χ3n) is 3.10. The number of imidazole rings is 1. The maximum absolute atomic E-state index is 9.98. The van der Waals surface area contributed by atoms with Crippen LogP contribution in [-0.2, 0) is 4.74 Å². The third kappa shape index (κ3) is 2.19. The minimum atomic E-state index is -0.742. The Morgan fingerprint density at radius 3 is 2.95 bits per heavy atom. The first-order valence-corrected chi connectivity index (χ1v) is 6.48. The Balaban J connectivity index is 2.06. The summed E-state index contributed by atoms with van der Waals surface area (Å²) in [7, 11) is 0. The van der Waals surface area contributed by atoms with Crippen LogP contribution in [0.4, 0.5) is 0 Å². The molecule has 6 nitrogen and oxygen atoms in total. The molecule has 0 radical (unpaired) electrons. The van der Waals surface area contributed by atoms with E-state index in [1.807, 2.05) is 0 Å². The molecule has 0 bridgehead atoms. The van der Waals surface area contributed by atoms with Gasteiger partial charge in [-0.25, -0.2) is 9.97 Å². The van der Waals surface area contributed by atoms with Gasteiger partial charge < -0.3 is 14.9 Å². The fraction of sp³-hybridized carbons (Fsp3) is 0.455. The van der Waals surface area contributed by atoms with E-state index < -0.39 is 18.4 Å². The second-order valence-electron chi connectivity index (χ2n) is 4.39. The number of aliphatic hydroxyl groups excluding tert-OH is 2. The van der Waals surface area contributed by atoms with Gasteiger partial charge in [-0.15, -0.1) is 0 Å². The Morgan fingerprint density at radius 1 is 1.47 bits per heavy atom. The van der Waals surface area contributed by atoms with Crippen molar-refractivity contribution < 1.29 is 14.9 Å². The summed E-state index contributed by atoms with van der Waals surface area (Å²) in [4.78, 5) is 8.30. The molecule has 3 heterocycles. The largest absolute Gasteiger partial charge is 0.394 e. The smallest absolute Gasteiger partial charge is 0.165 e. The first-order chi connectivity index (χ1) is 9.10. The predicted octanol–water partition coefficient (Wildman–Crippen LogP) is 1.38. The third-order valence-corrected chi connectivity index (χ3v) is 3.58. The van der Waals surface area contributed by atoms with Crippen LogP contribution in [-0.4, -0.2) is 43.6 Å². The zero-order valence-corrected chi connectivity index (χ0v) is 11.2. The van der Waals surface area contributed by atoms with Gasteiger partial charge in [-0.2, -0.15) is 0 Å². The van der Waals surface area contributed by atoms with E-state index >= 15 is 0 Å². The van der Waals surface area contributed by atoms with Crippen LogP contribution in [0, 0.1) is 0 Å². The molecule has 2 aromatic rings. The molecule has 3 rings (SSSR count). The van der Waals surface area contributed by atoms with Crippen LogP contribution < -0.4 is 0 Å². The monoisotopic (exact) mass is 303 g/mol. The Hall–Kier alpha value is -0.920. The lowest BCUT2D eigenvalue weighted by Gasteiger charge is -2.16. The molecule has 1 fully saturated rings. The molecule has 0 amide bonds. The van der Waals surface area contributed by atoms with Gasteiger partial charge in [0.1, 0.15) is 16.8 Å². The fourth-order valence-electron chi connectivity index (χ4n) is 2.22. The molecule has 2 N–H and O–H groups in total. The fourth-order valence-corrected chi connectivity index (χ4v) is 2.71. The first-order valence-electron chi connectivity index (χ1n) is 5.73. The van der Waals surface area contributed by atoms with Gasteiger partial charge in [-0.05, 0) is 6.07 Å². The van der Waals surface area contributed by atoms with Gasteiger partial charge in [0.15, 0.2) is 11.9 Å². The van der Waals surface area contributed by atoms with Crippen LogP contribution in [0.3, 0.4) is 0 Å². The molecule has 0 aromatic carbocycles. The number of aliphatic hydroxyl groups is 2. The van der Waals surface area contributed by atoms with Crippen molar-refractivity contribution in [1.82, 2.24) is 14.5 Å². The Kier molecular flexibility index (Phi) is 3.36. The lowest BCUT2D eigenvalue weighted by molar-refractivity contribution is -0.0486. The van der Waals surface area contributed by atoms with Gasteiger partial charge >= 0.3 is 0 Å². The zero-order chi connectivity index (χ0) is 13.6. The van der Waals surface area contributed by atoms with Crippen molar-refractivity contribution in [2.24, 2.45) is 0 Å². The number of pyridine rings is 1. The molecule has 1 aliphatic heterocycles. The van der Waals surface area contributed by atoms with Crippen LogP contribution in [0.2, 0.25) is 10.2 Å². The average molecular weight is 304 g/mol. The molecule has 0 spiro atoms. The highest BCUT2D eigenvalue weighted by Crippen LogP contribution is 2.32. The van der Waals surface area contributed by atoms with Crippen molar-refractivity contribution in [1.29, 1.82) is 0 Å². The van der Waals surface area contributed by atoms with E-state index in [1.165, 1.54) is 12.4 Å². The molecule has 8 heteroatoms. The van der Waals surface area contributed by atoms with Gasteiger partial charge in [0.05, 0.1) is 24.1 Å². The summed E-state index contributed by atoms with van der Waals surface area (Å²) in [5.41, 5.74) is 0.939. The Bertz CT molecular complexity index is 618. The maximum atomic E-state index is 9.98. The molecular weight excluding hydrogens is 293 g/mol. The van der Waals surface area contributed by atoms with Crippen molar-refractivity contribution in [2.45, 2.75) is 24.9 Å². The van der Waals surface area contributed by atoms with E-state index in [-0.39, 0.29) is 11.8 Å². The van der Waals surface area contributed by atoms with Gasteiger partial charge in [-0.1, -0.05) is 23.2 Å². The number of fused-ring (bicyclic) bond motifs is 1. The highest BCUT2D eigenvalue weighted by atomic mass is 35.5. The quantitative estimate of drug-likeness (QED) is 0.819. The van der Waals surface area contributed by atoms with E-state index in [0.29, 0.717) is 22.6 Å². The minimum absolute atomic E-state index is 0.144. The summed E-state index contributed by atoms with van der Waals surface area (Å²) >= 11 is 11.9.